The van der Waals surface area contributed by atoms with Gasteiger partial charge in [-0.25, -0.2) is 0 Å². The first-order valence-corrected chi connectivity index (χ1v) is 8.12. The van der Waals surface area contributed by atoms with Crippen LogP contribution in [0.2, 0.25) is 0 Å². The van der Waals surface area contributed by atoms with Crippen LogP contribution in [0.1, 0.15) is 38.2 Å². The summed E-state index contributed by atoms with van der Waals surface area (Å²) < 4.78 is 0. The minimum Gasteiger partial charge on any atom is -0.356 e. The molecule has 1 N–H and O–H groups in total. The second-order valence-corrected chi connectivity index (χ2v) is 6.09. The molecule has 0 atom stereocenters. The Morgan fingerprint density at radius 1 is 1.43 bits per heavy atom. The van der Waals surface area contributed by atoms with Crippen molar-refractivity contribution in [2.24, 2.45) is 5.92 Å². The molecule has 21 heavy (non-hydrogen) atoms. The zero-order valence-electron chi connectivity index (χ0n) is 13.1. The third-order valence-corrected chi connectivity index (χ3v) is 4.21. The fraction of sp³-hybridized carbons (Fsp3) is 0.647. The second-order valence-electron chi connectivity index (χ2n) is 6.09. The highest BCUT2D eigenvalue weighted by Gasteiger charge is 2.14. The maximum atomic E-state index is 11.8. The van der Waals surface area contributed by atoms with E-state index in [1.807, 2.05) is 18.3 Å². The predicted molar refractivity (Wildman–Crippen MR) is 85.0 cm³/mol. The van der Waals surface area contributed by atoms with Gasteiger partial charge in [0, 0.05) is 25.4 Å². The molecule has 0 unspecified atom stereocenters. The molecule has 0 bridgehead atoms. The predicted octanol–water partition coefficient (Wildman–Crippen LogP) is 2.25. The summed E-state index contributed by atoms with van der Waals surface area (Å²) in [7, 11) is 0. The van der Waals surface area contributed by atoms with E-state index in [0.717, 1.165) is 37.4 Å². The van der Waals surface area contributed by atoms with Gasteiger partial charge in [-0.15, -0.1) is 0 Å². The van der Waals surface area contributed by atoms with Gasteiger partial charge in [0.2, 0.25) is 5.91 Å². The molecule has 116 valence electrons. The standard InChI is InChI=1S/C17H27N3O/c1-15-7-12-20(13-8-15)11-3-10-19-17(21)6-5-16-4-2-9-18-14-16/h2,4,9,14-15H,3,5-8,10-13H2,1H3,(H,19,21). The number of carbonyl (C=O) groups excluding carboxylic acids is 1. The average Bonchev–Trinajstić information content (AvgIpc) is 2.52. The zero-order chi connectivity index (χ0) is 14.9. The van der Waals surface area contributed by atoms with E-state index in [9.17, 15) is 4.79 Å². The Balaban J connectivity index is 1.51. The maximum Gasteiger partial charge on any atom is 0.220 e. The number of nitrogens with zero attached hydrogens (tertiary/aromatic N) is 2. The number of amides is 1. The molecule has 1 saturated heterocycles. The molecule has 1 aromatic rings. The summed E-state index contributed by atoms with van der Waals surface area (Å²) in [4.78, 5) is 18.3. The van der Waals surface area contributed by atoms with Crippen LogP contribution in [0.15, 0.2) is 24.5 Å². The molecule has 0 saturated carbocycles. The normalized spacial score (nSPS) is 16.8. The average molecular weight is 289 g/mol. The molecule has 2 rings (SSSR count). The molecular weight excluding hydrogens is 262 g/mol. The Bertz CT molecular complexity index is 413. The monoisotopic (exact) mass is 289 g/mol. The number of rotatable bonds is 7. The van der Waals surface area contributed by atoms with Crippen LogP contribution in [0.5, 0.6) is 0 Å². The lowest BCUT2D eigenvalue weighted by Gasteiger charge is -2.30. The van der Waals surface area contributed by atoms with Crippen molar-refractivity contribution in [3.8, 4) is 0 Å². The SMILES string of the molecule is CC1CCN(CCCNC(=O)CCc2cccnc2)CC1. The Morgan fingerprint density at radius 3 is 2.95 bits per heavy atom. The van der Waals surface area contributed by atoms with Crippen LogP contribution in [-0.4, -0.2) is 42.0 Å². The topological polar surface area (TPSA) is 45.2 Å². The van der Waals surface area contributed by atoms with Crippen LogP contribution in [0, 0.1) is 5.92 Å². The summed E-state index contributed by atoms with van der Waals surface area (Å²) in [5, 5.41) is 3.02. The quantitative estimate of drug-likeness (QED) is 0.783. The van der Waals surface area contributed by atoms with Crippen LogP contribution in [0.4, 0.5) is 0 Å². The zero-order valence-corrected chi connectivity index (χ0v) is 13.1. The highest BCUT2D eigenvalue weighted by Crippen LogP contribution is 2.15. The summed E-state index contributed by atoms with van der Waals surface area (Å²) in [6.45, 7) is 6.67. The van der Waals surface area contributed by atoms with E-state index in [0.29, 0.717) is 6.42 Å². The first-order chi connectivity index (χ1) is 10.2. The van der Waals surface area contributed by atoms with Gasteiger partial charge in [0.25, 0.3) is 0 Å². The summed E-state index contributed by atoms with van der Waals surface area (Å²) in [5.41, 5.74) is 1.12. The molecule has 4 heteroatoms. The highest BCUT2D eigenvalue weighted by atomic mass is 16.1. The van der Waals surface area contributed by atoms with Crippen LogP contribution in [-0.2, 0) is 11.2 Å². The van der Waals surface area contributed by atoms with Crippen LogP contribution >= 0.6 is 0 Å². The van der Waals surface area contributed by atoms with Crippen molar-refractivity contribution in [2.45, 2.75) is 39.0 Å². The number of hydrogen-bond acceptors (Lipinski definition) is 3. The van der Waals surface area contributed by atoms with Crippen molar-refractivity contribution in [1.82, 2.24) is 15.2 Å². The third kappa shape index (κ3) is 6.25. The van der Waals surface area contributed by atoms with Gasteiger partial charge in [-0.1, -0.05) is 13.0 Å². The summed E-state index contributed by atoms with van der Waals surface area (Å²) in [6.07, 6.45) is 8.58. The fourth-order valence-corrected chi connectivity index (χ4v) is 2.71. The number of aryl methyl sites for hydroxylation is 1. The van der Waals surface area contributed by atoms with E-state index in [4.69, 9.17) is 0 Å². The highest BCUT2D eigenvalue weighted by molar-refractivity contribution is 5.76. The first kappa shape index (κ1) is 16.0. The van der Waals surface area contributed by atoms with E-state index < -0.39 is 0 Å². The fourth-order valence-electron chi connectivity index (χ4n) is 2.71. The first-order valence-electron chi connectivity index (χ1n) is 8.12. The lowest BCUT2D eigenvalue weighted by molar-refractivity contribution is -0.121. The molecule has 0 radical (unpaired) electrons. The molecule has 1 aliphatic rings. The minimum absolute atomic E-state index is 0.145. The van der Waals surface area contributed by atoms with Gasteiger partial charge in [0.15, 0.2) is 0 Å². The molecule has 1 amide bonds. The smallest absolute Gasteiger partial charge is 0.220 e. The number of carbonyl (C=O) groups is 1. The number of aromatic nitrogens is 1. The van der Waals surface area contributed by atoms with Crippen LogP contribution < -0.4 is 5.32 Å². The number of piperidine rings is 1. The van der Waals surface area contributed by atoms with Crippen LogP contribution in [0.3, 0.4) is 0 Å². The van der Waals surface area contributed by atoms with Gasteiger partial charge in [-0.2, -0.15) is 0 Å². The lowest BCUT2D eigenvalue weighted by Crippen LogP contribution is -2.35. The van der Waals surface area contributed by atoms with Gasteiger partial charge < -0.3 is 10.2 Å². The molecule has 1 fully saturated rings. The molecule has 0 aliphatic carbocycles. The number of nitrogens with one attached hydrogen (secondary N) is 1. The van der Waals surface area contributed by atoms with Gasteiger partial charge in [-0.3, -0.25) is 9.78 Å². The van der Waals surface area contributed by atoms with E-state index in [1.165, 1.54) is 25.9 Å². The molecule has 1 aliphatic heterocycles. The van der Waals surface area contributed by atoms with Gasteiger partial charge in [-0.05, 0) is 62.9 Å². The molecule has 0 aromatic carbocycles. The number of likely N-dealkylation sites (tertiary alicyclic amines) is 1. The molecule has 0 spiro atoms. The molecule has 2 heterocycles. The van der Waals surface area contributed by atoms with Crippen molar-refractivity contribution >= 4 is 5.91 Å². The number of hydrogen-bond donors (Lipinski definition) is 1. The largest absolute Gasteiger partial charge is 0.356 e. The van der Waals surface area contributed by atoms with Crippen molar-refractivity contribution < 1.29 is 4.79 Å². The third-order valence-electron chi connectivity index (χ3n) is 4.21. The summed E-state index contributed by atoms with van der Waals surface area (Å²) >= 11 is 0. The van der Waals surface area contributed by atoms with E-state index >= 15 is 0 Å². The van der Waals surface area contributed by atoms with Gasteiger partial charge >= 0.3 is 0 Å². The van der Waals surface area contributed by atoms with Crippen molar-refractivity contribution in [3.63, 3.8) is 0 Å². The van der Waals surface area contributed by atoms with Crippen molar-refractivity contribution in [2.75, 3.05) is 26.2 Å². The molecular formula is C17H27N3O. The number of pyridine rings is 1. The van der Waals surface area contributed by atoms with Crippen molar-refractivity contribution in [3.05, 3.63) is 30.1 Å². The minimum atomic E-state index is 0.145. The Hall–Kier alpha value is -1.42. The molecule has 4 nitrogen and oxygen atoms in total. The Labute approximate surface area is 127 Å². The van der Waals surface area contributed by atoms with E-state index in [2.05, 4.69) is 22.1 Å². The second kappa shape index (κ2) is 8.78. The van der Waals surface area contributed by atoms with Gasteiger partial charge in [0.05, 0.1) is 0 Å². The van der Waals surface area contributed by atoms with Crippen molar-refractivity contribution in [1.29, 1.82) is 0 Å². The molecule has 1 aromatic heterocycles. The lowest BCUT2D eigenvalue weighted by atomic mass is 9.99. The summed E-state index contributed by atoms with van der Waals surface area (Å²) in [6, 6.07) is 3.92. The van der Waals surface area contributed by atoms with E-state index in [1.54, 1.807) is 6.20 Å². The maximum absolute atomic E-state index is 11.8. The van der Waals surface area contributed by atoms with Gasteiger partial charge in [0.1, 0.15) is 0 Å². The van der Waals surface area contributed by atoms with E-state index in [-0.39, 0.29) is 5.91 Å². The summed E-state index contributed by atoms with van der Waals surface area (Å²) in [5.74, 6) is 1.03. The Morgan fingerprint density at radius 2 is 2.24 bits per heavy atom. The Kier molecular flexibility index (Phi) is 6.67. The van der Waals surface area contributed by atoms with Crippen LogP contribution in [0.25, 0.3) is 0 Å².